The average Bonchev–Trinajstić information content (AvgIpc) is 2.39. The number of hydrogen-bond donors (Lipinski definition) is 0. The van der Waals surface area contributed by atoms with E-state index < -0.39 is 0 Å². The second kappa shape index (κ2) is 7.38. The molecule has 0 aliphatic rings. The lowest BCUT2D eigenvalue weighted by Gasteiger charge is -1.96. The zero-order valence-electron chi connectivity index (χ0n) is 11.3. The van der Waals surface area contributed by atoms with Crippen LogP contribution >= 0.6 is 0 Å². The molecule has 0 N–H and O–H groups in total. The summed E-state index contributed by atoms with van der Waals surface area (Å²) in [5.74, 6) is 0. The van der Waals surface area contributed by atoms with Gasteiger partial charge in [0.05, 0.1) is 0 Å². The molecule has 1 aromatic rings. The Balaban J connectivity index is 2.80. The Morgan fingerprint density at radius 1 is 1.17 bits per heavy atom. The highest BCUT2D eigenvalue weighted by Gasteiger charge is 1.92. The molecule has 0 radical (unpaired) electrons. The van der Waals surface area contributed by atoms with Gasteiger partial charge < -0.3 is 0 Å². The summed E-state index contributed by atoms with van der Waals surface area (Å²) in [6.45, 7) is 2.13. The van der Waals surface area contributed by atoms with E-state index in [0.717, 1.165) is 18.3 Å². The van der Waals surface area contributed by atoms with E-state index in [0.29, 0.717) is 5.56 Å². The third-order valence-electron chi connectivity index (χ3n) is 2.56. The van der Waals surface area contributed by atoms with Crippen LogP contribution in [0.15, 0.2) is 42.0 Å². The molecule has 2 nitrogen and oxygen atoms in total. The molecule has 0 spiro atoms. The minimum atomic E-state index is 0.708. The second-order valence-corrected chi connectivity index (χ2v) is 4.33. The molecule has 0 saturated heterocycles. The number of allylic oxidation sites excluding steroid dienone is 3. The van der Waals surface area contributed by atoms with Gasteiger partial charge in [0, 0.05) is 11.6 Å². The van der Waals surface area contributed by atoms with Crippen LogP contribution < -0.4 is 0 Å². The zero-order valence-corrected chi connectivity index (χ0v) is 11.3. The van der Waals surface area contributed by atoms with Crippen molar-refractivity contribution in [3.8, 4) is 0 Å². The van der Waals surface area contributed by atoms with Crippen molar-refractivity contribution < 1.29 is 9.37 Å². The van der Waals surface area contributed by atoms with Crippen molar-refractivity contribution in [2.75, 3.05) is 14.1 Å². The van der Waals surface area contributed by atoms with Crippen LogP contribution in [0.25, 0.3) is 6.08 Å². The molecule has 0 aromatic heterocycles. The van der Waals surface area contributed by atoms with Crippen molar-refractivity contribution in [3.63, 3.8) is 0 Å². The van der Waals surface area contributed by atoms with Gasteiger partial charge in [0.25, 0.3) is 0 Å². The van der Waals surface area contributed by atoms with Crippen LogP contribution in [0, 0.1) is 0 Å². The lowest BCUT2D eigenvalue weighted by Crippen LogP contribution is -1.96. The molecule has 0 unspecified atom stereocenters. The van der Waals surface area contributed by atoms with Crippen LogP contribution in [0.5, 0.6) is 0 Å². The van der Waals surface area contributed by atoms with Crippen LogP contribution in [-0.2, 0) is 0 Å². The minimum absolute atomic E-state index is 0.708. The zero-order chi connectivity index (χ0) is 13.4. The van der Waals surface area contributed by atoms with Crippen molar-refractivity contribution >= 4 is 18.6 Å². The standard InChI is InChI=1S/C16H20NO/c1-4-14(11-12-17(2)3)5-6-15-7-9-16(13-18)10-8-15/h5-13H,4H2,1-3H3/q+1/b6-5+,14-11+. The van der Waals surface area contributed by atoms with Crippen molar-refractivity contribution in [1.29, 1.82) is 0 Å². The third-order valence-corrected chi connectivity index (χ3v) is 2.56. The molecular formula is C16H20NO+. The van der Waals surface area contributed by atoms with Gasteiger partial charge in [0.1, 0.15) is 20.4 Å². The van der Waals surface area contributed by atoms with Gasteiger partial charge in [0.15, 0.2) is 6.21 Å². The van der Waals surface area contributed by atoms with Gasteiger partial charge >= 0.3 is 0 Å². The topological polar surface area (TPSA) is 20.1 Å². The molecule has 1 aromatic carbocycles. The first kappa shape index (κ1) is 14.1. The fourth-order valence-electron chi connectivity index (χ4n) is 1.43. The molecule has 0 amide bonds. The molecule has 0 fully saturated rings. The first-order valence-electron chi connectivity index (χ1n) is 6.09. The van der Waals surface area contributed by atoms with E-state index in [1.807, 2.05) is 49.2 Å². The van der Waals surface area contributed by atoms with E-state index in [1.165, 1.54) is 5.57 Å². The predicted octanol–water partition coefficient (Wildman–Crippen LogP) is 3.19. The van der Waals surface area contributed by atoms with Crippen molar-refractivity contribution in [1.82, 2.24) is 0 Å². The molecule has 0 bridgehead atoms. The Bertz CT molecular complexity index is 474. The Hall–Kier alpha value is -1.96. The Labute approximate surface area is 109 Å². The summed E-state index contributed by atoms with van der Waals surface area (Å²) in [4.78, 5) is 10.5. The average molecular weight is 242 g/mol. The molecule has 0 heterocycles. The summed E-state index contributed by atoms with van der Waals surface area (Å²) >= 11 is 0. The van der Waals surface area contributed by atoms with Crippen LogP contribution in [0.2, 0.25) is 0 Å². The maximum atomic E-state index is 10.5. The molecular weight excluding hydrogens is 222 g/mol. The molecule has 1 rings (SSSR count). The van der Waals surface area contributed by atoms with E-state index in [-0.39, 0.29) is 0 Å². The van der Waals surface area contributed by atoms with E-state index in [4.69, 9.17) is 0 Å². The molecule has 0 atom stereocenters. The van der Waals surface area contributed by atoms with Crippen LogP contribution in [-0.4, -0.2) is 31.2 Å². The number of benzene rings is 1. The van der Waals surface area contributed by atoms with Crippen LogP contribution in [0.4, 0.5) is 0 Å². The lowest BCUT2D eigenvalue weighted by atomic mass is 10.1. The van der Waals surface area contributed by atoms with Gasteiger partial charge in [-0.25, -0.2) is 4.58 Å². The maximum Gasteiger partial charge on any atom is 0.163 e. The minimum Gasteiger partial charge on any atom is -0.298 e. The summed E-state index contributed by atoms with van der Waals surface area (Å²) in [7, 11) is 4.01. The summed E-state index contributed by atoms with van der Waals surface area (Å²) in [5, 5.41) is 0. The van der Waals surface area contributed by atoms with Crippen molar-refractivity contribution in [3.05, 3.63) is 53.1 Å². The van der Waals surface area contributed by atoms with E-state index in [1.54, 1.807) is 0 Å². The van der Waals surface area contributed by atoms with Crippen molar-refractivity contribution in [2.24, 2.45) is 0 Å². The Morgan fingerprint density at radius 2 is 1.78 bits per heavy atom. The van der Waals surface area contributed by atoms with E-state index in [2.05, 4.69) is 25.2 Å². The Morgan fingerprint density at radius 3 is 2.28 bits per heavy atom. The van der Waals surface area contributed by atoms with Gasteiger partial charge in [-0.3, -0.25) is 4.79 Å². The van der Waals surface area contributed by atoms with Gasteiger partial charge in [-0.2, -0.15) is 0 Å². The highest BCUT2D eigenvalue weighted by Crippen LogP contribution is 2.08. The number of carbonyl (C=O) groups excluding carboxylic acids is 1. The van der Waals surface area contributed by atoms with Crippen LogP contribution in [0.1, 0.15) is 29.3 Å². The molecule has 0 aliphatic heterocycles. The summed E-state index contributed by atoms with van der Waals surface area (Å²) in [6.07, 6.45) is 10.2. The monoisotopic (exact) mass is 242 g/mol. The van der Waals surface area contributed by atoms with Gasteiger partial charge in [-0.1, -0.05) is 43.3 Å². The van der Waals surface area contributed by atoms with E-state index >= 15 is 0 Å². The first-order chi connectivity index (χ1) is 8.65. The largest absolute Gasteiger partial charge is 0.298 e. The van der Waals surface area contributed by atoms with Gasteiger partial charge in [-0.15, -0.1) is 0 Å². The molecule has 0 aliphatic carbocycles. The highest BCUT2D eigenvalue weighted by atomic mass is 16.1. The maximum absolute atomic E-state index is 10.5. The quantitative estimate of drug-likeness (QED) is 0.336. The number of rotatable bonds is 5. The molecule has 0 saturated carbocycles. The fourth-order valence-corrected chi connectivity index (χ4v) is 1.43. The SMILES string of the molecule is CCC(/C=C/c1ccc(C=O)cc1)=C\C=[N+](C)C. The Kier molecular flexibility index (Phi) is 5.78. The lowest BCUT2D eigenvalue weighted by molar-refractivity contribution is -0.458. The summed E-state index contributed by atoms with van der Waals surface area (Å²) in [6, 6.07) is 7.55. The predicted molar refractivity (Wildman–Crippen MR) is 77.4 cm³/mol. The number of aldehydes is 1. The molecule has 18 heavy (non-hydrogen) atoms. The third kappa shape index (κ3) is 4.91. The smallest absolute Gasteiger partial charge is 0.163 e. The number of hydrogen-bond acceptors (Lipinski definition) is 1. The summed E-state index contributed by atoms with van der Waals surface area (Å²) in [5.41, 5.74) is 3.08. The van der Waals surface area contributed by atoms with Gasteiger partial charge in [0.2, 0.25) is 0 Å². The van der Waals surface area contributed by atoms with Crippen molar-refractivity contribution in [2.45, 2.75) is 13.3 Å². The second-order valence-electron chi connectivity index (χ2n) is 4.33. The molecule has 94 valence electrons. The fraction of sp³-hybridized carbons (Fsp3) is 0.250. The van der Waals surface area contributed by atoms with E-state index in [9.17, 15) is 4.79 Å². The normalized spacial score (nSPS) is 11.6. The number of nitrogens with zero attached hydrogens (tertiary/aromatic N) is 1. The molecule has 2 heteroatoms. The number of carbonyl (C=O) groups is 1. The van der Waals surface area contributed by atoms with Gasteiger partial charge in [-0.05, 0) is 17.6 Å². The van der Waals surface area contributed by atoms with Crippen LogP contribution in [0.3, 0.4) is 0 Å². The highest BCUT2D eigenvalue weighted by molar-refractivity contribution is 5.75. The first-order valence-corrected chi connectivity index (χ1v) is 6.09. The summed E-state index contributed by atoms with van der Waals surface area (Å²) < 4.78 is 2.02.